The van der Waals surface area contributed by atoms with Crippen molar-refractivity contribution in [2.24, 2.45) is 0 Å². The average molecular weight is 502 g/mol. The molecule has 190 valence electrons. The van der Waals surface area contributed by atoms with E-state index in [0.717, 1.165) is 12.8 Å². The van der Waals surface area contributed by atoms with Crippen LogP contribution in [0, 0.1) is 0 Å². The Morgan fingerprint density at radius 3 is 1.84 bits per heavy atom. The quantitative estimate of drug-likeness (QED) is 0.105. The topological polar surface area (TPSA) is 138 Å². The molecule has 12 heteroatoms. The first-order chi connectivity index (χ1) is 15.4. The third-order valence-corrected chi connectivity index (χ3v) is 6.42. The average Bonchev–Trinajstić information content (AvgIpc) is 3.20. The highest BCUT2D eigenvalue weighted by molar-refractivity contribution is 7.53. The van der Waals surface area contributed by atoms with Gasteiger partial charge in [0.1, 0.15) is 6.61 Å². The fourth-order valence-corrected chi connectivity index (χ4v) is 4.06. The van der Waals surface area contributed by atoms with Gasteiger partial charge >= 0.3 is 28.2 Å². The number of hydrogen-bond donors (Lipinski definition) is 2. The van der Waals surface area contributed by atoms with E-state index in [9.17, 15) is 19.0 Å². The normalized spacial score (nSPS) is 17.4. The molecule has 1 saturated heterocycles. The van der Waals surface area contributed by atoms with Crippen molar-refractivity contribution in [1.29, 1.82) is 0 Å². The third-order valence-electron chi connectivity index (χ3n) is 4.44. The molecule has 2 N–H and O–H groups in total. The maximum Gasteiger partial charge on any atom is 0.447 e. The Morgan fingerprint density at radius 1 is 0.969 bits per heavy atom. The predicted octanol–water partition coefficient (Wildman–Crippen LogP) is 5.16. The fraction of sp³-hybridized carbons (Fsp3) is 0.900. The lowest BCUT2D eigenvalue weighted by Crippen LogP contribution is -2.10. The molecule has 32 heavy (non-hydrogen) atoms. The summed E-state index contributed by atoms with van der Waals surface area (Å²) >= 11 is 0. The Bertz CT molecular complexity index is 503. The molecule has 0 amide bonds. The molecular formula is C20H40O10P2. The van der Waals surface area contributed by atoms with E-state index in [1.165, 1.54) is 64.2 Å². The number of cyclic esters (lactones) is 1. The van der Waals surface area contributed by atoms with Crippen LogP contribution in [0.2, 0.25) is 0 Å². The van der Waals surface area contributed by atoms with E-state index in [1.54, 1.807) is 0 Å². The second kappa shape index (κ2) is 21.0. The van der Waals surface area contributed by atoms with Gasteiger partial charge in [-0.25, -0.2) is 9.36 Å². The van der Waals surface area contributed by atoms with Crippen LogP contribution in [-0.4, -0.2) is 48.1 Å². The molecule has 0 aromatic rings. The lowest BCUT2D eigenvalue weighted by atomic mass is 10.1. The second-order valence-corrected chi connectivity index (χ2v) is 10.1. The minimum atomic E-state index is -4.31. The van der Waals surface area contributed by atoms with Gasteiger partial charge in [-0.1, -0.05) is 78.1 Å². The van der Waals surface area contributed by atoms with Gasteiger partial charge in [-0.05, 0) is 12.8 Å². The number of carbonyl (C=O) groups is 2. The first kappa shape index (κ1) is 31.4. The van der Waals surface area contributed by atoms with E-state index < -0.39 is 34.8 Å². The molecule has 0 spiro atoms. The van der Waals surface area contributed by atoms with Crippen LogP contribution in [0.1, 0.15) is 90.9 Å². The van der Waals surface area contributed by atoms with Gasteiger partial charge in [-0.15, -0.1) is 0 Å². The second-order valence-electron chi connectivity index (χ2n) is 7.31. The maximum atomic E-state index is 10.9. The van der Waals surface area contributed by atoms with E-state index in [4.69, 9.17) is 13.9 Å². The molecule has 1 heterocycles. The largest absolute Gasteiger partial charge is 0.447 e. The number of hydrogen-bond acceptors (Lipinski definition) is 9. The molecule has 0 aromatic carbocycles. The van der Waals surface area contributed by atoms with E-state index in [2.05, 4.69) is 27.8 Å². The number of unbranched alkanes of at least 4 members (excludes halogenated alkanes) is 10. The van der Waals surface area contributed by atoms with Crippen LogP contribution in [0.5, 0.6) is 0 Å². The molecule has 1 rings (SSSR count). The number of ether oxygens (including phenoxy) is 2. The molecule has 0 aromatic heterocycles. The Kier molecular flexibility index (Phi) is 20.6. The first-order valence-corrected chi connectivity index (χ1v) is 14.2. The van der Waals surface area contributed by atoms with Crippen molar-refractivity contribution in [2.45, 2.75) is 96.9 Å². The minimum absolute atomic E-state index is 0.212. The summed E-state index contributed by atoms with van der Waals surface area (Å²) in [4.78, 5) is 38.5. The van der Waals surface area contributed by atoms with Crippen LogP contribution in [-0.2, 0) is 37.2 Å². The van der Waals surface area contributed by atoms with Crippen LogP contribution in [0.3, 0.4) is 0 Å². The van der Waals surface area contributed by atoms with Crippen LogP contribution < -0.4 is 0 Å². The molecule has 1 aliphatic rings. The summed E-state index contributed by atoms with van der Waals surface area (Å²) in [5.41, 5.74) is 0. The summed E-state index contributed by atoms with van der Waals surface area (Å²) < 4.78 is 33.9. The van der Waals surface area contributed by atoms with E-state index in [0.29, 0.717) is 13.2 Å². The summed E-state index contributed by atoms with van der Waals surface area (Å²) in [5, 5.41) is 0. The monoisotopic (exact) mass is 502 g/mol. The zero-order chi connectivity index (χ0) is 24.1. The zero-order valence-electron chi connectivity index (χ0n) is 19.3. The first-order valence-electron chi connectivity index (χ1n) is 11.4. The molecule has 0 bridgehead atoms. The highest BCUT2D eigenvalue weighted by Gasteiger charge is 2.42. The van der Waals surface area contributed by atoms with E-state index >= 15 is 0 Å². The fourth-order valence-electron chi connectivity index (χ4n) is 2.68. The van der Waals surface area contributed by atoms with E-state index in [1.807, 2.05) is 0 Å². The van der Waals surface area contributed by atoms with Crippen LogP contribution >= 0.6 is 16.2 Å². The summed E-state index contributed by atoms with van der Waals surface area (Å²) in [7, 11) is -5.95. The third kappa shape index (κ3) is 17.9. The van der Waals surface area contributed by atoms with Crippen molar-refractivity contribution in [1.82, 2.24) is 0 Å². The van der Waals surface area contributed by atoms with Crippen LogP contribution in [0.4, 0.5) is 0 Å². The SMILES string of the molecule is CCCCCCCCOP(O)OCCCCCCCC.O=COP(=O)(O)C1OCC(=O)O1. The van der Waals surface area contributed by atoms with Gasteiger partial charge in [0.15, 0.2) is 0 Å². The number of esters is 1. The molecule has 2 atom stereocenters. The van der Waals surface area contributed by atoms with Crippen molar-refractivity contribution < 1.29 is 47.0 Å². The van der Waals surface area contributed by atoms with Gasteiger partial charge in [0.05, 0.1) is 13.2 Å². The molecule has 1 fully saturated rings. The van der Waals surface area contributed by atoms with Gasteiger partial charge in [-0.3, -0.25) is 4.79 Å². The molecule has 0 saturated carbocycles. The standard InChI is InChI=1S/C16H35O3P.C4H5O7P/c1-3-5-7-9-11-13-15-18-20(17)19-16-14-12-10-8-6-4-2;5-2-10-12(7,8)4-9-1-3(6)11-4/h17H,3-16H2,1-2H3;2,4H,1H2,(H,7,8). The summed E-state index contributed by atoms with van der Waals surface area (Å²) in [6.45, 7) is 5.08. The lowest BCUT2D eigenvalue weighted by molar-refractivity contribution is -0.140. The molecular weight excluding hydrogens is 462 g/mol. The Hall–Kier alpha value is -0.600. The minimum Gasteiger partial charge on any atom is -0.420 e. The Morgan fingerprint density at radius 2 is 1.44 bits per heavy atom. The molecule has 2 unspecified atom stereocenters. The van der Waals surface area contributed by atoms with Crippen molar-refractivity contribution in [3.8, 4) is 0 Å². The smallest absolute Gasteiger partial charge is 0.420 e. The summed E-state index contributed by atoms with van der Waals surface area (Å²) in [6, 6.07) is -1.69. The molecule has 0 aliphatic carbocycles. The highest BCUT2D eigenvalue weighted by atomic mass is 31.2. The zero-order valence-corrected chi connectivity index (χ0v) is 21.1. The van der Waals surface area contributed by atoms with Crippen LogP contribution in [0.25, 0.3) is 0 Å². The van der Waals surface area contributed by atoms with Crippen LogP contribution in [0.15, 0.2) is 0 Å². The van der Waals surface area contributed by atoms with Crippen molar-refractivity contribution in [3.63, 3.8) is 0 Å². The van der Waals surface area contributed by atoms with Crippen molar-refractivity contribution in [2.75, 3.05) is 19.8 Å². The number of carbonyl (C=O) groups excluding carboxylic acids is 2. The Labute approximate surface area is 192 Å². The van der Waals surface area contributed by atoms with Gasteiger partial charge < -0.3 is 32.8 Å². The van der Waals surface area contributed by atoms with Gasteiger partial charge in [-0.2, -0.15) is 0 Å². The van der Waals surface area contributed by atoms with Gasteiger partial charge in [0.25, 0.3) is 6.47 Å². The van der Waals surface area contributed by atoms with Crippen molar-refractivity contribution in [3.05, 3.63) is 0 Å². The Balaban J connectivity index is 0.000000677. The molecule has 1 aliphatic heterocycles. The number of rotatable bonds is 19. The van der Waals surface area contributed by atoms with Crippen molar-refractivity contribution >= 4 is 28.6 Å². The predicted molar refractivity (Wildman–Crippen MR) is 121 cm³/mol. The highest BCUT2D eigenvalue weighted by Crippen LogP contribution is 2.49. The lowest BCUT2D eigenvalue weighted by Gasteiger charge is -2.12. The van der Waals surface area contributed by atoms with E-state index in [-0.39, 0.29) is 6.47 Å². The summed E-state index contributed by atoms with van der Waals surface area (Å²) in [5.74, 6) is -0.774. The maximum absolute atomic E-state index is 10.9. The summed E-state index contributed by atoms with van der Waals surface area (Å²) in [6.07, 6.45) is 14.9. The molecule has 10 nitrogen and oxygen atoms in total. The molecule has 0 radical (unpaired) electrons. The van der Waals surface area contributed by atoms with Gasteiger partial charge in [0.2, 0.25) is 0 Å². The van der Waals surface area contributed by atoms with Gasteiger partial charge in [0, 0.05) is 0 Å².